The van der Waals surface area contributed by atoms with Crippen molar-refractivity contribution in [3.63, 3.8) is 0 Å². The van der Waals surface area contributed by atoms with Crippen molar-refractivity contribution in [3.8, 4) is 0 Å². The number of hydrogen-bond acceptors (Lipinski definition) is 1. The van der Waals surface area contributed by atoms with Crippen LogP contribution < -0.4 is 0 Å². The lowest BCUT2D eigenvalue weighted by Gasteiger charge is -2.17. The summed E-state index contributed by atoms with van der Waals surface area (Å²) in [6, 6.07) is 0. The van der Waals surface area contributed by atoms with Crippen LogP contribution in [0.1, 0.15) is 58.9 Å². The molecule has 0 aliphatic heterocycles. The van der Waals surface area contributed by atoms with Crippen molar-refractivity contribution in [3.05, 3.63) is 45.5 Å². The molecule has 19 heavy (non-hydrogen) atoms. The number of allylic oxidation sites excluding steroid dienone is 2. The molecule has 0 spiro atoms. The molecule has 0 fully saturated rings. The van der Waals surface area contributed by atoms with E-state index in [4.69, 9.17) is 0 Å². The first kappa shape index (κ1) is 15.7. The molecule has 0 aliphatic rings. The lowest BCUT2D eigenvalue weighted by Crippen LogP contribution is -2.09. The third-order valence-electron chi connectivity index (χ3n) is 3.98. The quantitative estimate of drug-likeness (QED) is 0.538. The smallest absolute Gasteiger partial charge is 0.186 e. The molecule has 0 amide bonds. The number of rotatable bonds is 2. The lowest BCUT2D eigenvalue weighted by atomic mass is 9.87. The summed E-state index contributed by atoms with van der Waals surface area (Å²) in [6.45, 7) is 16.7. The van der Waals surface area contributed by atoms with E-state index in [0.29, 0.717) is 0 Å². The first-order chi connectivity index (χ1) is 8.56. The van der Waals surface area contributed by atoms with Gasteiger partial charge in [0.15, 0.2) is 5.78 Å². The van der Waals surface area contributed by atoms with Gasteiger partial charge < -0.3 is 0 Å². The van der Waals surface area contributed by atoms with E-state index in [-0.39, 0.29) is 11.2 Å². The average molecular weight is 258 g/mol. The normalized spacial score (nSPS) is 12.2. The Morgan fingerprint density at radius 3 is 1.53 bits per heavy atom. The molecule has 0 saturated carbocycles. The summed E-state index contributed by atoms with van der Waals surface area (Å²) in [4.78, 5) is 12.5. The summed E-state index contributed by atoms with van der Waals surface area (Å²) in [5.74, 6) is 0.121. The van der Waals surface area contributed by atoms with Crippen molar-refractivity contribution >= 4 is 5.78 Å². The number of carbonyl (C=O) groups excluding carboxylic acids is 1. The molecule has 1 rings (SSSR count). The van der Waals surface area contributed by atoms with Gasteiger partial charge in [-0.15, -0.1) is 0 Å². The van der Waals surface area contributed by atoms with Gasteiger partial charge in [0, 0.05) is 5.56 Å². The van der Waals surface area contributed by atoms with E-state index in [9.17, 15) is 4.79 Å². The minimum Gasteiger partial charge on any atom is -0.289 e. The van der Waals surface area contributed by atoms with Crippen molar-refractivity contribution in [2.45, 2.75) is 55.4 Å². The number of carbonyl (C=O) groups is 1. The van der Waals surface area contributed by atoms with Crippen LogP contribution in [0.25, 0.3) is 0 Å². The highest BCUT2D eigenvalue weighted by Crippen LogP contribution is 2.27. The summed E-state index contributed by atoms with van der Waals surface area (Å²) in [5.41, 5.74) is 6.90. The van der Waals surface area contributed by atoms with Gasteiger partial charge in [-0.25, -0.2) is 0 Å². The van der Waals surface area contributed by atoms with Crippen molar-refractivity contribution < 1.29 is 4.79 Å². The highest BCUT2D eigenvalue weighted by atomic mass is 16.1. The summed E-state index contributed by atoms with van der Waals surface area (Å²) in [7, 11) is 0. The van der Waals surface area contributed by atoms with Crippen LogP contribution in [0.3, 0.4) is 0 Å². The Morgan fingerprint density at radius 2 is 1.16 bits per heavy atom. The number of hydrogen-bond donors (Lipinski definition) is 0. The fourth-order valence-corrected chi connectivity index (χ4v) is 2.28. The zero-order valence-corrected chi connectivity index (χ0v) is 13.6. The van der Waals surface area contributed by atoms with E-state index in [1.165, 1.54) is 16.7 Å². The largest absolute Gasteiger partial charge is 0.289 e. The van der Waals surface area contributed by atoms with Crippen LogP contribution in [-0.2, 0) is 0 Å². The molecule has 1 aromatic rings. The van der Waals surface area contributed by atoms with Gasteiger partial charge in [-0.2, -0.15) is 0 Å². The Kier molecular flexibility index (Phi) is 4.39. The Labute approximate surface area is 117 Å². The monoisotopic (exact) mass is 258 g/mol. The standard InChI is InChI=1S/C18H26O/c1-11-12(2)14(4)17(15(5)13(11)3)16(19)9-10-18(6,7)8/h9-10H,1-8H3/b10-9+. The first-order valence-corrected chi connectivity index (χ1v) is 6.86. The molecule has 1 aromatic carbocycles. The fourth-order valence-electron chi connectivity index (χ4n) is 2.28. The molecule has 0 heterocycles. The average Bonchev–Trinajstić information content (AvgIpc) is 2.31. The minimum atomic E-state index is 0.0340. The van der Waals surface area contributed by atoms with Gasteiger partial charge in [0.25, 0.3) is 0 Å². The fraction of sp³-hybridized carbons (Fsp3) is 0.500. The first-order valence-electron chi connectivity index (χ1n) is 6.86. The van der Waals surface area contributed by atoms with E-state index in [1.807, 2.05) is 19.9 Å². The molecule has 0 aromatic heterocycles. The molecule has 0 N–H and O–H groups in total. The molecule has 0 atom stereocenters. The van der Waals surface area contributed by atoms with Crippen LogP contribution in [0.4, 0.5) is 0 Å². The van der Waals surface area contributed by atoms with E-state index >= 15 is 0 Å². The maximum absolute atomic E-state index is 12.5. The van der Waals surface area contributed by atoms with Crippen LogP contribution in [-0.4, -0.2) is 5.78 Å². The van der Waals surface area contributed by atoms with Crippen LogP contribution >= 0.6 is 0 Å². The lowest BCUT2D eigenvalue weighted by molar-refractivity contribution is 0.104. The molecule has 0 aliphatic carbocycles. The van der Waals surface area contributed by atoms with E-state index in [0.717, 1.165) is 16.7 Å². The molecule has 0 unspecified atom stereocenters. The molecule has 0 bridgehead atoms. The van der Waals surface area contributed by atoms with Crippen molar-refractivity contribution in [1.82, 2.24) is 0 Å². The Balaban J connectivity index is 3.37. The molecule has 1 nitrogen and oxygen atoms in total. The summed E-state index contributed by atoms with van der Waals surface area (Å²) in [5, 5.41) is 0. The maximum atomic E-state index is 12.5. The van der Waals surface area contributed by atoms with Crippen molar-refractivity contribution in [2.24, 2.45) is 5.41 Å². The van der Waals surface area contributed by atoms with Gasteiger partial charge in [0.1, 0.15) is 0 Å². The van der Waals surface area contributed by atoms with Crippen LogP contribution in [0.5, 0.6) is 0 Å². The second-order valence-corrected chi connectivity index (χ2v) is 6.56. The number of ketones is 1. The predicted octanol–water partition coefficient (Wildman–Crippen LogP) is 5.01. The zero-order chi connectivity index (χ0) is 15.0. The highest BCUT2D eigenvalue weighted by molar-refractivity contribution is 6.07. The van der Waals surface area contributed by atoms with Crippen LogP contribution in [0, 0.1) is 40.0 Å². The SMILES string of the molecule is Cc1c(C)c(C)c(C(=O)/C=C/C(C)(C)C)c(C)c1C. The highest BCUT2D eigenvalue weighted by Gasteiger charge is 2.17. The van der Waals surface area contributed by atoms with Crippen LogP contribution in [0.2, 0.25) is 0 Å². The maximum Gasteiger partial charge on any atom is 0.186 e. The summed E-state index contributed by atoms with van der Waals surface area (Å²) < 4.78 is 0. The molecular weight excluding hydrogens is 232 g/mol. The van der Waals surface area contributed by atoms with E-state index in [1.54, 1.807) is 6.08 Å². The van der Waals surface area contributed by atoms with E-state index < -0.39 is 0 Å². The van der Waals surface area contributed by atoms with Gasteiger partial charge in [0.2, 0.25) is 0 Å². The van der Waals surface area contributed by atoms with Gasteiger partial charge in [-0.05, 0) is 73.9 Å². The molecule has 0 saturated heterocycles. The Hall–Kier alpha value is -1.37. The second kappa shape index (κ2) is 5.32. The van der Waals surface area contributed by atoms with Crippen molar-refractivity contribution in [2.75, 3.05) is 0 Å². The van der Waals surface area contributed by atoms with Gasteiger partial charge in [-0.3, -0.25) is 4.79 Å². The predicted molar refractivity (Wildman–Crippen MR) is 83.1 cm³/mol. The molecule has 104 valence electrons. The van der Waals surface area contributed by atoms with Crippen molar-refractivity contribution in [1.29, 1.82) is 0 Å². The third kappa shape index (κ3) is 3.34. The van der Waals surface area contributed by atoms with Gasteiger partial charge in [0.05, 0.1) is 0 Å². The molecule has 0 radical (unpaired) electrons. The zero-order valence-electron chi connectivity index (χ0n) is 13.6. The summed E-state index contributed by atoms with van der Waals surface area (Å²) in [6.07, 6.45) is 3.71. The second-order valence-electron chi connectivity index (χ2n) is 6.56. The van der Waals surface area contributed by atoms with E-state index in [2.05, 4.69) is 41.5 Å². The van der Waals surface area contributed by atoms with Gasteiger partial charge in [-0.1, -0.05) is 26.8 Å². The summed E-state index contributed by atoms with van der Waals surface area (Å²) >= 11 is 0. The molecule has 1 heteroatoms. The Morgan fingerprint density at radius 1 is 0.789 bits per heavy atom. The number of benzene rings is 1. The topological polar surface area (TPSA) is 17.1 Å². The molecular formula is C18H26O. The third-order valence-corrected chi connectivity index (χ3v) is 3.98. The Bertz CT molecular complexity index is 511. The van der Waals surface area contributed by atoms with Gasteiger partial charge >= 0.3 is 0 Å². The minimum absolute atomic E-state index is 0.0340. The van der Waals surface area contributed by atoms with Crippen LogP contribution in [0.15, 0.2) is 12.2 Å².